The van der Waals surface area contributed by atoms with E-state index >= 15 is 0 Å². The average Bonchev–Trinajstić information content (AvgIpc) is 3.21. The molecule has 4 aromatic rings. The van der Waals surface area contributed by atoms with Crippen LogP contribution >= 0.6 is 0 Å². The van der Waals surface area contributed by atoms with E-state index in [-0.39, 0.29) is 11.3 Å². The van der Waals surface area contributed by atoms with Crippen LogP contribution in [0.4, 0.5) is 0 Å². The highest BCUT2D eigenvalue weighted by molar-refractivity contribution is 6.46. The summed E-state index contributed by atoms with van der Waals surface area (Å²) in [6.07, 6.45) is 0.590. The summed E-state index contributed by atoms with van der Waals surface area (Å²) in [7, 11) is 0. The van der Waals surface area contributed by atoms with Crippen molar-refractivity contribution in [1.82, 2.24) is 4.90 Å². The first-order valence-electron chi connectivity index (χ1n) is 12.7. The molecule has 1 aliphatic rings. The van der Waals surface area contributed by atoms with Gasteiger partial charge in [-0.2, -0.15) is 0 Å². The minimum absolute atomic E-state index is 0.102. The maximum atomic E-state index is 13.3. The number of aliphatic hydroxyl groups excluding tert-OH is 1. The third kappa shape index (κ3) is 5.37. The van der Waals surface area contributed by atoms with Crippen molar-refractivity contribution in [2.75, 3.05) is 6.54 Å². The van der Waals surface area contributed by atoms with E-state index in [1.165, 1.54) is 0 Å². The second-order valence-electron chi connectivity index (χ2n) is 9.44. The van der Waals surface area contributed by atoms with Gasteiger partial charge < -0.3 is 14.7 Å². The molecule has 38 heavy (non-hydrogen) atoms. The summed E-state index contributed by atoms with van der Waals surface area (Å²) in [5.74, 6) is -0.771. The molecule has 1 saturated heterocycles. The number of Topliss-reactive ketones (excluding diaryl/α,β-unsaturated/α-hetero) is 1. The lowest BCUT2D eigenvalue weighted by Crippen LogP contribution is -2.31. The van der Waals surface area contributed by atoms with Crippen LogP contribution < -0.4 is 4.74 Å². The van der Waals surface area contributed by atoms with Gasteiger partial charge in [-0.25, -0.2) is 0 Å². The van der Waals surface area contributed by atoms with Crippen LogP contribution in [0.5, 0.6) is 5.75 Å². The third-order valence-electron chi connectivity index (χ3n) is 6.79. The smallest absolute Gasteiger partial charge is 0.295 e. The Balaban J connectivity index is 1.47. The molecular formula is C33H29NO4. The predicted octanol–water partition coefficient (Wildman–Crippen LogP) is 6.24. The van der Waals surface area contributed by atoms with Crippen molar-refractivity contribution in [3.8, 4) is 5.75 Å². The number of nitrogens with zero attached hydrogens (tertiary/aromatic N) is 1. The number of ketones is 1. The summed E-state index contributed by atoms with van der Waals surface area (Å²) < 4.78 is 5.93. The number of carbonyl (C=O) groups is 2. The minimum Gasteiger partial charge on any atom is -0.507 e. The van der Waals surface area contributed by atoms with Gasteiger partial charge in [-0.3, -0.25) is 9.59 Å². The number of rotatable bonds is 8. The maximum Gasteiger partial charge on any atom is 0.295 e. The third-order valence-corrected chi connectivity index (χ3v) is 6.79. The van der Waals surface area contributed by atoms with Crippen LogP contribution in [0.25, 0.3) is 5.76 Å². The van der Waals surface area contributed by atoms with Gasteiger partial charge in [0, 0.05) is 12.1 Å². The van der Waals surface area contributed by atoms with Gasteiger partial charge in [-0.15, -0.1) is 0 Å². The molecule has 190 valence electrons. The van der Waals surface area contributed by atoms with Crippen LogP contribution in [0.15, 0.2) is 115 Å². The number of amides is 1. The molecule has 4 aromatic carbocycles. The lowest BCUT2D eigenvalue weighted by atomic mass is 9.95. The zero-order valence-corrected chi connectivity index (χ0v) is 21.2. The first-order chi connectivity index (χ1) is 18.5. The standard InChI is InChI=1S/C33H29NO4/c1-23-12-14-27(15-13-23)31(35)29-30(34(33(37)32(29)36)21-20-24-8-4-2-5-9-24)26-16-18-28(19-17-26)38-22-25-10-6-3-7-11-25/h2-19,30,35H,20-22H2,1H3/b31-29+. The molecule has 0 aromatic heterocycles. The number of hydrogen-bond acceptors (Lipinski definition) is 4. The first kappa shape index (κ1) is 25.0. The van der Waals surface area contributed by atoms with Crippen LogP contribution in [0.1, 0.15) is 33.9 Å². The molecule has 1 heterocycles. The van der Waals surface area contributed by atoms with Crippen molar-refractivity contribution in [1.29, 1.82) is 0 Å². The number of aryl methyl sites for hydroxylation is 1. The summed E-state index contributed by atoms with van der Waals surface area (Å²) in [6, 6.07) is 33.7. The Morgan fingerprint density at radius 2 is 1.39 bits per heavy atom. The van der Waals surface area contributed by atoms with Gasteiger partial charge in [0.25, 0.3) is 11.7 Å². The molecule has 1 N–H and O–H groups in total. The topological polar surface area (TPSA) is 66.8 Å². The average molecular weight is 504 g/mol. The molecule has 1 aliphatic heterocycles. The van der Waals surface area contributed by atoms with Crippen molar-refractivity contribution in [2.24, 2.45) is 0 Å². The largest absolute Gasteiger partial charge is 0.507 e. The molecule has 0 radical (unpaired) electrons. The van der Waals surface area contributed by atoms with Gasteiger partial charge >= 0.3 is 0 Å². The zero-order chi connectivity index (χ0) is 26.5. The van der Waals surface area contributed by atoms with Gasteiger partial charge in [0.2, 0.25) is 0 Å². The van der Waals surface area contributed by atoms with Gasteiger partial charge in [0.1, 0.15) is 18.1 Å². The molecule has 0 saturated carbocycles. The molecule has 1 unspecified atom stereocenters. The summed E-state index contributed by atoms with van der Waals surface area (Å²) in [5, 5.41) is 11.3. The van der Waals surface area contributed by atoms with Crippen LogP contribution in [-0.4, -0.2) is 28.2 Å². The van der Waals surface area contributed by atoms with Gasteiger partial charge in [0.15, 0.2) is 0 Å². The van der Waals surface area contributed by atoms with Gasteiger partial charge in [-0.05, 0) is 42.2 Å². The Bertz CT molecular complexity index is 1440. The lowest BCUT2D eigenvalue weighted by molar-refractivity contribution is -0.139. The quantitative estimate of drug-likeness (QED) is 0.176. The Morgan fingerprint density at radius 1 is 0.789 bits per heavy atom. The number of ether oxygens (including phenoxy) is 1. The second kappa shape index (κ2) is 11.2. The first-order valence-corrected chi connectivity index (χ1v) is 12.7. The van der Waals surface area contributed by atoms with Crippen molar-refractivity contribution in [3.63, 3.8) is 0 Å². The van der Waals surface area contributed by atoms with Gasteiger partial charge in [-0.1, -0.05) is 103 Å². The van der Waals surface area contributed by atoms with Crippen LogP contribution in [0.3, 0.4) is 0 Å². The molecule has 1 atom stereocenters. The van der Waals surface area contributed by atoms with E-state index in [4.69, 9.17) is 4.74 Å². The molecule has 1 amide bonds. The molecular weight excluding hydrogens is 474 g/mol. The monoisotopic (exact) mass is 503 g/mol. The highest BCUT2D eigenvalue weighted by Gasteiger charge is 2.45. The zero-order valence-electron chi connectivity index (χ0n) is 21.2. The maximum absolute atomic E-state index is 13.3. The highest BCUT2D eigenvalue weighted by Crippen LogP contribution is 2.40. The minimum atomic E-state index is -0.705. The van der Waals surface area contributed by atoms with Crippen LogP contribution in [-0.2, 0) is 22.6 Å². The molecule has 0 bridgehead atoms. The number of aliphatic hydroxyl groups is 1. The fraction of sp³-hybridized carbons (Fsp3) is 0.152. The fourth-order valence-electron chi connectivity index (χ4n) is 4.71. The van der Waals surface area contributed by atoms with E-state index in [1.54, 1.807) is 17.0 Å². The number of likely N-dealkylation sites (tertiary alicyclic amines) is 1. The van der Waals surface area contributed by atoms with Crippen molar-refractivity contribution in [3.05, 3.63) is 143 Å². The molecule has 0 aliphatic carbocycles. The van der Waals surface area contributed by atoms with E-state index in [0.29, 0.717) is 30.9 Å². The normalized spacial score (nSPS) is 16.6. The van der Waals surface area contributed by atoms with Crippen molar-refractivity contribution in [2.45, 2.75) is 26.0 Å². The SMILES string of the molecule is Cc1ccc(/C(O)=C2\C(=O)C(=O)N(CCc3ccccc3)C2c2ccc(OCc3ccccc3)cc2)cc1. The van der Waals surface area contributed by atoms with Crippen molar-refractivity contribution < 1.29 is 19.4 Å². The van der Waals surface area contributed by atoms with Crippen LogP contribution in [0.2, 0.25) is 0 Å². The Morgan fingerprint density at radius 3 is 2.03 bits per heavy atom. The van der Waals surface area contributed by atoms with E-state index < -0.39 is 17.7 Å². The van der Waals surface area contributed by atoms with Gasteiger partial charge in [0.05, 0.1) is 11.6 Å². The fourth-order valence-corrected chi connectivity index (χ4v) is 4.71. The van der Waals surface area contributed by atoms with E-state index in [9.17, 15) is 14.7 Å². The summed E-state index contributed by atoms with van der Waals surface area (Å²) in [4.78, 5) is 28.1. The van der Waals surface area contributed by atoms with E-state index in [1.807, 2.05) is 104 Å². The van der Waals surface area contributed by atoms with Crippen molar-refractivity contribution >= 4 is 17.4 Å². The highest BCUT2D eigenvalue weighted by atomic mass is 16.5. The predicted molar refractivity (Wildman–Crippen MR) is 148 cm³/mol. The molecule has 5 nitrogen and oxygen atoms in total. The number of carbonyl (C=O) groups excluding carboxylic acids is 2. The summed E-state index contributed by atoms with van der Waals surface area (Å²) >= 11 is 0. The Kier molecular flexibility index (Phi) is 7.36. The Hall–Kier alpha value is -4.64. The lowest BCUT2D eigenvalue weighted by Gasteiger charge is -2.25. The number of benzene rings is 4. The summed E-state index contributed by atoms with van der Waals surface area (Å²) in [5.41, 5.74) is 4.50. The Labute approximate surface area is 222 Å². The molecule has 1 fully saturated rings. The molecule has 0 spiro atoms. The summed E-state index contributed by atoms with van der Waals surface area (Å²) in [6.45, 7) is 2.73. The molecule has 5 rings (SSSR count). The van der Waals surface area contributed by atoms with E-state index in [2.05, 4.69) is 0 Å². The van der Waals surface area contributed by atoms with E-state index in [0.717, 1.165) is 22.3 Å². The second-order valence-corrected chi connectivity index (χ2v) is 9.44. The van der Waals surface area contributed by atoms with Crippen LogP contribution in [0, 0.1) is 6.92 Å². The molecule has 5 heteroatoms. The number of hydrogen-bond donors (Lipinski definition) is 1.